The van der Waals surface area contributed by atoms with E-state index in [2.05, 4.69) is 0 Å². The summed E-state index contributed by atoms with van der Waals surface area (Å²) in [7, 11) is 0. The zero-order valence-corrected chi connectivity index (χ0v) is 11.4. The molecular formula is C13H15NO4S. The van der Waals surface area contributed by atoms with E-state index in [4.69, 9.17) is 9.84 Å². The number of aliphatic carboxylic acids is 1. The predicted molar refractivity (Wildman–Crippen MR) is 72.6 cm³/mol. The number of para-hydroxylation sites is 1. The van der Waals surface area contributed by atoms with Gasteiger partial charge in [0.25, 0.3) is 5.91 Å². The third-order valence-corrected chi connectivity index (χ3v) is 3.88. The molecule has 1 aromatic carbocycles. The van der Waals surface area contributed by atoms with Gasteiger partial charge in [0.2, 0.25) is 0 Å². The Bertz CT molecular complexity index is 491. The standard InChI is InChI=1S/C13H15NO4S/c1-9(13(16)17)18-8-12(15)14-6-7-19-11-5-3-2-4-10(11)14/h2-5,9H,6-8H2,1H3,(H,16,17). The number of carbonyl (C=O) groups excluding carboxylic acids is 1. The Kier molecular flexibility index (Phi) is 4.44. The van der Waals surface area contributed by atoms with Gasteiger partial charge in [-0.25, -0.2) is 4.79 Å². The van der Waals surface area contributed by atoms with Crippen LogP contribution in [0.3, 0.4) is 0 Å². The van der Waals surface area contributed by atoms with Crippen molar-refractivity contribution >= 4 is 29.3 Å². The molecular weight excluding hydrogens is 266 g/mol. The third-order valence-electron chi connectivity index (χ3n) is 2.83. The Hall–Kier alpha value is -1.53. The van der Waals surface area contributed by atoms with Gasteiger partial charge in [0, 0.05) is 17.2 Å². The van der Waals surface area contributed by atoms with Gasteiger partial charge in [0.15, 0.2) is 6.10 Å². The van der Waals surface area contributed by atoms with Crippen LogP contribution in [0.1, 0.15) is 6.92 Å². The Morgan fingerprint density at radius 3 is 2.95 bits per heavy atom. The van der Waals surface area contributed by atoms with Gasteiger partial charge in [-0.2, -0.15) is 0 Å². The normalized spacial score (nSPS) is 15.7. The molecule has 0 fully saturated rings. The van der Waals surface area contributed by atoms with E-state index in [-0.39, 0.29) is 12.5 Å². The molecule has 19 heavy (non-hydrogen) atoms. The van der Waals surface area contributed by atoms with E-state index in [1.54, 1.807) is 16.7 Å². The fourth-order valence-corrected chi connectivity index (χ4v) is 2.77. The lowest BCUT2D eigenvalue weighted by molar-refractivity contribution is -0.150. The van der Waals surface area contributed by atoms with E-state index >= 15 is 0 Å². The van der Waals surface area contributed by atoms with Crippen molar-refractivity contribution in [2.75, 3.05) is 23.8 Å². The number of ether oxygens (including phenoxy) is 1. The van der Waals surface area contributed by atoms with E-state index in [1.165, 1.54) is 6.92 Å². The van der Waals surface area contributed by atoms with Crippen molar-refractivity contribution in [2.24, 2.45) is 0 Å². The molecule has 0 aromatic heterocycles. The van der Waals surface area contributed by atoms with Gasteiger partial charge in [-0.1, -0.05) is 12.1 Å². The van der Waals surface area contributed by atoms with Crippen LogP contribution in [0.5, 0.6) is 0 Å². The van der Waals surface area contributed by atoms with Crippen LogP contribution in [0.2, 0.25) is 0 Å². The number of nitrogens with zero attached hydrogens (tertiary/aromatic N) is 1. The molecule has 0 saturated heterocycles. The van der Waals surface area contributed by atoms with Crippen LogP contribution >= 0.6 is 11.8 Å². The van der Waals surface area contributed by atoms with Crippen molar-refractivity contribution in [2.45, 2.75) is 17.9 Å². The smallest absolute Gasteiger partial charge is 0.332 e. The maximum absolute atomic E-state index is 12.1. The number of anilines is 1. The zero-order chi connectivity index (χ0) is 13.8. The van der Waals surface area contributed by atoms with Gasteiger partial charge in [-0.3, -0.25) is 4.79 Å². The molecule has 0 saturated carbocycles. The molecule has 1 aliphatic heterocycles. The lowest BCUT2D eigenvalue weighted by Gasteiger charge is -2.29. The second-order valence-corrected chi connectivity index (χ2v) is 5.29. The summed E-state index contributed by atoms with van der Waals surface area (Å²) < 4.78 is 5.04. The van der Waals surface area contributed by atoms with E-state index in [0.29, 0.717) is 6.54 Å². The molecule has 1 amide bonds. The van der Waals surface area contributed by atoms with Crippen molar-refractivity contribution in [3.8, 4) is 0 Å². The fourth-order valence-electron chi connectivity index (χ4n) is 1.77. The molecule has 6 heteroatoms. The maximum atomic E-state index is 12.1. The number of hydrogen-bond donors (Lipinski definition) is 1. The average Bonchev–Trinajstić information content (AvgIpc) is 2.43. The van der Waals surface area contributed by atoms with Crippen molar-refractivity contribution in [1.82, 2.24) is 0 Å². The van der Waals surface area contributed by atoms with Gasteiger partial charge in [0.1, 0.15) is 6.61 Å². The van der Waals surface area contributed by atoms with Gasteiger partial charge in [-0.15, -0.1) is 11.8 Å². The van der Waals surface area contributed by atoms with Gasteiger partial charge in [-0.05, 0) is 19.1 Å². The molecule has 1 atom stereocenters. The molecule has 1 heterocycles. The molecule has 102 valence electrons. The first-order valence-corrected chi connectivity index (χ1v) is 6.95. The first-order valence-electron chi connectivity index (χ1n) is 5.96. The minimum Gasteiger partial charge on any atom is -0.479 e. The SMILES string of the molecule is CC(OCC(=O)N1CCSc2ccccc21)C(=O)O. The largest absolute Gasteiger partial charge is 0.479 e. The van der Waals surface area contributed by atoms with Crippen LogP contribution in [0.25, 0.3) is 0 Å². The van der Waals surface area contributed by atoms with Crippen LogP contribution < -0.4 is 4.90 Å². The topological polar surface area (TPSA) is 66.8 Å². The highest BCUT2D eigenvalue weighted by atomic mass is 32.2. The molecule has 1 aromatic rings. The Balaban J connectivity index is 2.03. The minimum atomic E-state index is -1.07. The van der Waals surface area contributed by atoms with Crippen LogP contribution in [-0.2, 0) is 14.3 Å². The second-order valence-electron chi connectivity index (χ2n) is 4.15. The van der Waals surface area contributed by atoms with Crippen molar-refractivity contribution in [3.63, 3.8) is 0 Å². The highest BCUT2D eigenvalue weighted by Gasteiger charge is 2.23. The third kappa shape index (κ3) is 3.27. The quantitative estimate of drug-likeness (QED) is 0.908. The van der Waals surface area contributed by atoms with Gasteiger partial charge < -0.3 is 14.7 Å². The predicted octanol–water partition coefficient (Wildman–Crippen LogP) is 1.61. The summed E-state index contributed by atoms with van der Waals surface area (Å²) in [5.41, 5.74) is 0.871. The number of carboxylic acid groups (broad SMARTS) is 1. The molecule has 0 aliphatic carbocycles. The molecule has 0 bridgehead atoms. The number of amides is 1. The summed E-state index contributed by atoms with van der Waals surface area (Å²) in [6.07, 6.45) is -0.974. The number of fused-ring (bicyclic) bond motifs is 1. The van der Waals surface area contributed by atoms with Crippen molar-refractivity contribution in [1.29, 1.82) is 0 Å². The molecule has 0 spiro atoms. The van der Waals surface area contributed by atoms with E-state index in [0.717, 1.165) is 16.3 Å². The minimum absolute atomic E-state index is 0.208. The maximum Gasteiger partial charge on any atom is 0.332 e. The molecule has 1 N–H and O–H groups in total. The average molecular weight is 281 g/mol. The Morgan fingerprint density at radius 2 is 2.21 bits per heavy atom. The summed E-state index contributed by atoms with van der Waals surface area (Å²) in [6, 6.07) is 7.68. The highest BCUT2D eigenvalue weighted by Crippen LogP contribution is 2.34. The van der Waals surface area contributed by atoms with Gasteiger partial charge >= 0.3 is 5.97 Å². The lowest BCUT2D eigenvalue weighted by Crippen LogP contribution is -2.39. The Morgan fingerprint density at radius 1 is 1.47 bits per heavy atom. The van der Waals surface area contributed by atoms with E-state index in [1.807, 2.05) is 24.3 Å². The number of hydrogen-bond acceptors (Lipinski definition) is 4. The summed E-state index contributed by atoms with van der Waals surface area (Å²) in [5.74, 6) is -0.444. The first kappa shape index (κ1) is 13.9. The number of benzene rings is 1. The lowest BCUT2D eigenvalue weighted by atomic mass is 10.2. The second kappa shape index (κ2) is 6.08. The van der Waals surface area contributed by atoms with Crippen molar-refractivity contribution < 1.29 is 19.4 Å². The molecule has 1 unspecified atom stereocenters. The van der Waals surface area contributed by atoms with Crippen LogP contribution in [0.15, 0.2) is 29.2 Å². The number of carbonyl (C=O) groups is 2. The monoisotopic (exact) mass is 281 g/mol. The molecule has 0 radical (unpaired) electrons. The van der Waals surface area contributed by atoms with Crippen LogP contribution in [0, 0.1) is 0 Å². The highest BCUT2D eigenvalue weighted by molar-refractivity contribution is 7.99. The number of rotatable bonds is 4. The number of thioether (sulfide) groups is 1. The summed E-state index contributed by atoms with van der Waals surface area (Å²) in [6.45, 7) is 1.81. The van der Waals surface area contributed by atoms with Crippen molar-refractivity contribution in [3.05, 3.63) is 24.3 Å². The van der Waals surface area contributed by atoms with E-state index in [9.17, 15) is 9.59 Å². The molecule has 2 rings (SSSR count). The molecule has 1 aliphatic rings. The van der Waals surface area contributed by atoms with Crippen LogP contribution in [0.4, 0.5) is 5.69 Å². The first-order chi connectivity index (χ1) is 9.09. The fraction of sp³-hybridized carbons (Fsp3) is 0.385. The number of carboxylic acids is 1. The summed E-state index contributed by atoms with van der Waals surface area (Å²) in [5, 5.41) is 8.71. The summed E-state index contributed by atoms with van der Waals surface area (Å²) >= 11 is 1.71. The van der Waals surface area contributed by atoms with Crippen LogP contribution in [-0.4, -0.2) is 42.0 Å². The molecule has 5 nitrogen and oxygen atoms in total. The van der Waals surface area contributed by atoms with E-state index < -0.39 is 12.1 Å². The Labute approximate surface area is 115 Å². The van der Waals surface area contributed by atoms with Gasteiger partial charge in [0.05, 0.1) is 5.69 Å². The zero-order valence-electron chi connectivity index (χ0n) is 10.5. The summed E-state index contributed by atoms with van der Waals surface area (Å²) in [4.78, 5) is 25.4.